The van der Waals surface area contributed by atoms with Crippen molar-refractivity contribution >= 4 is 59.3 Å². The molecule has 11 rings (SSSR count). The number of benzene rings is 10. The topological polar surface area (TPSA) is 3.24 Å². The van der Waals surface area contributed by atoms with E-state index < -0.39 is 0 Å². The summed E-state index contributed by atoms with van der Waals surface area (Å²) in [5, 5.41) is 5.08. The molecule has 10 aromatic carbocycles. The molecule has 0 aliphatic rings. The minimum Gasteiger partial charge on any atom is -0.310 e. The van der Waals surface area contributed by atoms with E-state index in [4.69, 9.17) is 0 Å². The Kier molecular flexibility index (Phi) is 9.11. The summed E-state index contributed by atoms with van der Waals surface area (Å²) in [5.74, 6) is 0. The molecular weight excluding hydrogens is 743 g/mol. The highest BCUT2D eigenvalue weighted by atomic mass is 32.1. The van der Waals surface area contributed by atoms with Gasteiger partial charge in [0.05, 0.1) is 0 Å². The van der Waals surface area contributed by atoms with E-state index in [1.54, 1.807) is 0 Å². The largest absolute Gasteiger partial charge is 0.310 e. The second kappa shape index (κ2) is 15.3. The average Bonchev–Trinajstić information content (AvgIpc) is 3.70. The van der Waals surface area contributed by atoms with Crippen molar-refractivity contribution < 1.29 is 0 Å². The Balaban J connectivity index is 0.970. The number of hydrogen-bond donors (Lipinski definition) is 0. The zero-order valence-electron chi connectivity index (χ0n) is 32.9. The highest BCUT2D eigenvalue weighted by Gasteiger charge is 2.17. The van der Waals surface area contributed by atoms with Crippen LogP contribution >= 0.6 is 11.3 Å². The van der Waals surface area contributed by atoms with Gasteiger partial charge in [0, 0.05) is 37.2 Å². The van der Waals surface area contributed by atoms with Crippen molar-refractivity contribution in [1.29, 1.82) is 0 Å². The molecule has 1 heterocycles. The normalized spacial score (nSPS) is 11.3. The van der Waals surface area contributed by atoms with Crippen molar-refractivity contribution in [3.63, 3.8) is 0 Å². The molecule has 11 aromatic rings. The summed E-state index contributed by atoms with van der Waals surface area (Å²) in [4.78, 5) is 2.39. The third-order valence-corrected chi connectivity index (χ3v) is 12.8. The summed E-state index contributed by atoms with van der Waals surface area (Å²) in [6.45, 7) is 0. The van der Waals surface area contributed by atoms with E-state index in [-0.39, 0.29) is 0 Å². The molecule has 0 spiro atoms. The van der Waals surface area contributed by atoms with E-state index in [1.165, 1.54) is 86.6 Å². The molecule has 0 aliphatic carbocycles. The zero-order valence-corrected chi connectivity index (χ0v) is 33.7. The van der Waals surface area contributed by atoms with Crippen LogP contribution in [0.4, 0.5) is 17.1 Å². The summed E-state index contributed by atoms with van der Waals surface area (Å²) in [6, 6.07) is 86.1. The van der Waals surface area contributed by atoms with Gasteiger partial charge in [-0.25, -0.2) is 0 Å². The van der Waals surface area contributed by atoms with Crippen LogP contribution in [0.3, 0.4) is 0 Å². The molecule has 0 radical (unpaired) electrons. The Hall–Kier alpha value is -7.52. The van der Waals surface area contributed by atoms with Crippen LogP contribution in [0.25, 0.3) is 86.6 Å². The van der Waals surface area contributed by atoms with Crippen LogP contribution in [0, 0.1) is 0 Å². The Morgan fingerprint density at radius 3 is 1.27 bits per heavy atom. The van der Waals surface area contributed by atoms with Gasteiger partial charge in [-0.1, -0.05) is 182 Å². The van der Waals surface area contributed by atoms with Gasteiger partial charge in [-0.2, -0.15) is 0 Å². The molecule has 0 fully saturated rings. The molecule has 1 aromatic heterocycles. The number of thiophene rings is 1. The molecule has 60 heavy (non-hydrogen) atoms. The summed E-state index contributed by atoms with van der Waals surface area (Å²) >= 11 is 1.86. The smallest absolute Gasteiger partial charge is 0.0476 e. The van der Waals surface area contributed by atoms with Gasteiger partial charge in [-0.3, -0.25) is 0 Å². The van der Waals surface area contributed by atoms with Crippen molar-refractivity contribution in [3.05, 3.63) is 237 Å². The fourth-order valence-electron chi connectivity index (χ4n) is 8.69. The lowest BCUT2D eigenvalue weighted by Gasteiger charge is -2.26. The standard InChI is InChI=1S/C58H39NS/c1-3-13-40(14-4-1)44-23-25-47-38-45(24-26-46(47)37-44)41-27-31-48(32-28-41)59(50-35-36-56-55-21-11-12-22-57(55)60-58(56)39-50)49-33-29-43(30-34-49)52-18-8-10-20-54(52)53-19-9-7-17-51(53)42-15-5-2-6-16-42/h1-39H. The monoisotopic (exact) mass is 781 g/mol. The molecular formula is C58H39NS. The van der Waals surface area contributed by atoms with Crippen LogP contribution in [0.5, 0.6) is 0 Å². The predicted octanol–water partition coefficient (Wildman–Crippen LogP) is 17.0. The summed E-state index contributed by atoms with van der Waals surface area (Å²) in [5.41, 5.74) is 15.5. The fourth-order valence-corrected chi connectivity index (χ4v) is 9.83. The SMILES string of the molecule is c1ccc(-c2ccc3cc(-c4ccc(N(c5ccc(-c6ccccc6-c6ccccc6-c6ccccc6)cc5)c5ccc6c(c5)sc5ccccc56)cc4)ccc3c2)cc1. The van der Waals surface area contributed by atoms with Crippen LogP contribution < -0.4 is 4.90 Å². The van der Waals surface area contributed by atoms with Gasteiger partial charge in [-0.05, 0) is 121 Å². The first-order valence-electron chi connectivity index (χ1n) is 20.5. The van der Waals surface area contributed by atoms with E-state index >= 15 is 0 Å². The molecule has 0 saturated heterocycles. The van der Waals surface area contributed by atoms with Gasteiger partial charge in [0.1, 0.15) is 0 Å². The van der Waals surface area contributed by atoms with Gasteiger partial charge in [-0.15, -0.1) is 11.3 Å². The Morgan fingerprint density at radius 2 is 0.667 bits per heavy atom. The van der Waals surface area contributed by atoms with Gasteiger partial charge >= 0.3 is 0 Å². The van der Waals surface area contributed by atoms with E-state index in [2.05, 4.69) is 241 Å². The Bertz CT molecular complexity index is 3290. The molecule has 0 aliphatic heterocycles. The molecule has 0 N–H and O–H groups in total. The van der Waals surface area contributed by atoms with Crippen molar-refractivity contribution in [2.45, 2.75) is 0 Å². The number of fused-ring (bicyclic) bond motifs is 4. The number of nitrogens with zero attached hydrogens (tertiary/aromatic N) is 1. The van der Waals surface area contributed by atoms with Crippen molar-refractivity contribution in [1.82, 2.24) is 0 Å². The molecule has 282 valence electrons. The lowest BCUT2D eigenvalue weighted by Crippen LogP contribution is -2.09. The zero-order chi connectivity index (χ0) is 39.8. The summed E-state index contributed by atoms with van der Waals surface area (Å²) in [6.07, 6.45) is 0. The maximum Gasteiger partial charge on any atom is 0.0476 e. The first-order valence-corrected chi connectivity index (χ1v) is 21.3. The van der Waals surface area contributed by atoms with Gasteiger partial charge < -0.3 is 4.90 Å². The third kappa shape index (κ3) is 6.63. The average molecular weight is 782 g/mol. The summed E-state index contributed by atoms with van der Waals surface area (Å²) < 4.78 is 2.59. The van der Waals surface area contributed by atoms with Crippen molar-refractivity contribution in [2.75, 3.05) is 4.90 Å². The maximum atomic E-state index is 2.39. The molecule has 0 bridgehead atoms. The highest BCUT2D eigenvalue weighted by molar-refractivity contribution is 7.25. The molecule has 0 saturated carbocycles. The Morgan fingerprint density at radius 1 is 0.250 bits per heavy atom. The van der Waals surface area contributed by atoms with Gasteiger partial charge in [0.25, 0.3) is 0 Å². The van der Waals surface area contributed by atoms with Crippen LogP contribution in [-0.2, 0) is 0 Å². The van der Waals surface area contributed by atoms with Gasteiger partial charge in [0.15, 0.2) is 0 Å². The summed E-state index contributed by atoms with van der Waals surface area (Å²) in [7, 11) is 0. The lowest BCUT2D eigenvalue weighted by atomic mass is 9.89. The van der Waals surface area contributed by atoms with Crippen LogP contribution in [-0.4, -0.2) is 0 Å². The lowest BCUT2D eigenvalue weighted by molar-refractivity contribution is 1.29. The van der Waals surface area contributed by atoms with Gasteiger partial charge in [0.2, 0.25) is 0 Å². The number of hydrogen-bond acceptors (Lipinski definition) is 2. The number of rotatable bonds is 8. The number of anilines is 3. The van der Waals surface area contributed by atoms with E-state index in [1.807, 2.05) is 11.3 Å². The minimum absolute atomic E-state index is 1.11. The quantitative estimate of drug-likeness (QED) is 0.148. The molecule has 1 nitrogen and oxygen atoms in total. The molecule has 0 unspecified atom stereocenters. The first kappa shape index (κ1) is 35.6. The molecule has 0 atom stereocenters. The van der Waals surface area contributed by atoms with Crippen molar-refractivity contribution in [3.8, 4) is 55.6 Å². The van der Waals surface area contributed by atoms with Crippen LogP contribution in [0.1, 0.15) is 0 Å². The first-order chi connectivity index (χ1) is 29.7. The second-order valence-corrected chi connectivity index (χ2v) is 16.4. The third-order valence-electron chi connectivity index (χ3n) is 11.7. The minimum atomic E-state index is 1.11. The predicted molar refractivity (Wildman–Crippen MR) is 259 cm³/mol. The van der Waals surface area contributed by atoms with Crippen molar-refractivity contribution in [2.24, 2.45) is 0 Å². The molecule has 2 heteroatoms. The van der Waals surface area contributed by atoms with Crippen LogP contribution in [0.15, 0.2) is 237 Å². The maximum absolute atomic E-state index is 2.39. The van der Waals surface area contributed by atoms with E-state index in [0.29, 0.717) is 0 Å². The Labute approximate surface area is 354 Å². The van der Waals surface area contributed by atoms with Crippen LogP contribution in [0.2, 0.25) is 0 Å². The highest BCUT2D eigenvalue weighted by Crippen LogP contribution is 2.43. The fraction of sp³-hybridized carbons (Fsp3) is 0. The second-order valence-electron chi connectivity index (χ2n) is 15.3. The van der Waals surface area contributed by atoms with E-state index in [9.17, 15) is 0 Å². The van der Waals surface area contributed by atoms with E-state index in [0.717, 1.165) is 17.1 Å². The molecule has 0 amide bonds.